The highest BCUT2D eigenvalue weighted by Crippen LogP contribution is 2.38. The molecular weight excluding hydrogens is 448 g/mol. The molecule has 3 heterocycles. The van der Waals surface area contributed by atoms with Crippen LogP contribution in [0, 0.1) is 5.92 Å². The van der Waals surface area contributed by atoms with Crippen molar-refractivity contribution in [3.05, 3.63) is 45.3 Å². The first kappa shape index (κ1) is 23.2. The molecule has 0 unspecified atom stereocenters. The van der Waals surface area contributed by atoms with Gasteiger partial charge >= 0.3 is 5.97 Å². The number of nitrogens with zero attached hydrogens (tertiary/aromatic N) is 2. The first-order valence-electron chi connectivity index (χ1n) is 10.9. The van der Waals surface area contributed by atoms with Crippen molar-refractivity contribution in [2.24, 2.45) is 5.92 Å². The first-order chi connectivity index (χ1) is 15.2. The first-order valence-corrected chi connectivity index (χ1v) is 13.1. The van der Waals surface area contributed by atoms with Gasteiger partial charge in [-0.25, -0.2) is 13.2 Å². The van der Waals surface area contributed by atoms with E-state index in [-0.39, 0.29) is 15.7 Å². The fourth-order valence-corrected chi connectivity index (χ4v) is 7.86. The maximum Gasteiger partial charge on any atom is 0.340 e. The zero-order valence-electron chi connectivity index (χ0n) is 19.0. The maximum absolute atomic E-state index is 13.3. The molecule has 0 amide bonds. The Morgan fingerprint density at radius 3 is 2.81 bits per heavy atom. The third-order valence-electron chi connectivity index (χ3n) is 5.92. The summed E-state index contributed by atoms with van der Waals surface area (Å²) in [6.07, 6.45) is 1.56. The lowest BCUT2D eigenvalue weighted by Gasteiger charge is -2.27. The SMILES string of the molecule is COC(=O)c1c(S(=O)(=O)N(C)CC(C)C)sc2c1CCN(Cc1ccc3c(c1)CCO3)C2. The second-order valence-corrected chi connectivity index (χ2v) is 12.2. The molecule has 1 aromatic heterocycles. The van der Waals surface area contributed by atoms with Crippen molar-refractivity contribution < 1.29 is 22.7 Å². The molecule has 0 spiro atoms. The van der Waals surface area contributed by atoms with Gasteiger partial charge in [0, 0.05) is 44.5 Å². The van der Waals surface area contributed by atoms with E-state index in [4.69, 9.17) is 9.47 Å². The zero-order valence-corrected chi connectivity index (χ0v) is 20.6. The van der Waals surface area contributed by atoms with Crippen LogP contribution in [0.3, 0.4) is 0 Å². The van der Waals surface area contributed by atoms with Gasteiger partial charge in [0.15, 0.2) is 0 Å². The fraction of sp³-hybridized carbons (Fsp3) is 0.522. The average Bonchev–Trinajstić information content (AvgIpc) is 3.36. The Bertz CT molecular complexity index is 1120. The molecule has 0 radical (unpaired) electrons. The normalized spacial score (nSPS) is 16.2. The molecule has 0 fully saturated rings. The van der Waals surface area contributed by atoms with E-state index >= 15 is 0 Å². The number of rotatable bonds is 7. The Morgan fingerprint density at radius 2 is 2.09 bits per heavy atom. The van der Waals surface area contributed by atoms with Crippen molar-refractivity contribution in [1.82, 2.24) is 9.21 Å². The minimum atomic E-state index is -3.78. The standard InChI is InChI=1S/C23H30N2O5S2/c1-15(2)12-24(3)32(27,28)23-21(22(26)29-4)18-7-9-25(14-20(18)31-23)13-16-5-6-19-17(11-16)8-10-30-19/h5-6,11,15H,7-10,12-14H2,1-4H3. The molecule has 4 rings (SSSR count). The van der Waals surface area contributed by atoms with Crippen LogP contribution in [0.15, 0.2) is 22.4 Å². The second-order valence-electron chi connectivity index (χ2n) is 8.84. The van der Waals surface area contributed by atoms with Gasteiger partial charge in [-0.05, 0) is 35.1 Å². The van der Waals surface area contributed by atoms with Crippen molar-refractivity contribution in [3.8, 4) is 5.75 Å². The summed E-state index contributed by atoms with van der Waals surface area (Å²) in [5.41, 5.74) is 3.49. The predicted octanol–water partition coefficient (Wildman–Crippen LogP) is 3.30. The summed E-state index contributed by atoms with van der Waals surface area (Å²) < 4.78 is 38.6. The van der Waals surface area contributed by atoms with Crippen molar-refractivity contribution in [2.75, 3.05) is 33.9 Å². The summed E-state index contributed by atoms with van der Waals surface area (Å²) in [5, 5.41) is 0. The molecule has 32 heavy (non-hydrogen) atoms. The molecule has 0 saturated carbocycles. The van der Waals surface area contributed by atoms with Crippen LogP contribution in [-0.4, -0.2) is 57.4 Å². The van der Waals surface area contributed by atoms with Crippen molar-refractivity contribution in [2.45, 2.75) is 44.0 Å². The van der Waals surface area contributed by atoms with Gasteiger partial charge in [-0.3, -0.25) is 4.90 Å². The zero-order chi connectivity index (χ0) is 23.0. The Balaban J connectivity index is 1.62. The van der Waals surface area contributed by atoms with Gasteiger partial charge in [-0.1, -0.05) is 26.0 Å². The molecule has 0 saturated heterocycles. The summed E-state index contributed by atoms with van der Waals surface area (Å²) in [4.78, 5) is 15.8. The Morgan fingerprint density at radius 1 is 1.31 bits per heavy atom. The fourth-order valence-electron chi connectivity index (χ4n) is 4.41. The molecule has 0 aliphatic carbocycles. The number of hydrogen-bond acceptors (Lipinski definition) is 7. The Labute approximate surface area is 194 Å². The van der Waals surface area contributed by atoms with E-state index in [0.29, 0.717) is 19.5 Å². The van der Waals surface area contributed by atoms with Gasteiger partial charge in [0.2, 0.25) is 0 Å². The van der Waals surface area contributed by atoms with Gasteiger partial charge in [0.1, 0.15) is 9.96 Å². The summed E-state index contributed by atoms with van der Waals surface area (Å²) in [7, 11) is -0.911. The van der Waals surface area contributed by atoms with Crippen LogP contribution >= 0.6 is 11.3 Å². The van der Waals surface area contributed by atoms with Crippen LogP contribution in [-0.2, 0) is 40.7 Å². The molecule has 7 nitrogen and oxygen atoms in total. The molecular formula is C23H30N2O5S2. The highest BCUT2D eigenvalue weighted by atomic mass is 32.2. The number of esters is 1. The maximum atomic E-state index is 13.3. The number of methoxy groups -OCH3 is 1. The van der Waals surface area contributed by atoms with E-state index in [1.54, 1.807) is 7.05 Å². The van der Waals surface area contributed by atoms with E-state index in [1.807, 2.05) is 19.9 Å². The van der Waals surface area contributed by atoms with E-state index in [9.17, 15) is 13.2 Å². The van der Waals surface area contributed by atoms with Crippen LogP contribution in [0.4, 0.5) is 0 Å². The van der Waals surface area contributed by atoms with Crippen LogP contribution in [0.25, 0.3) is 0 Å². The van der Waals surface area contributed by atoms with Gasteiger partial charge in [0.05, 0.1) is 19.3 Å². The third-order valence-corrected chi connectivity index (χ3v) is 9.46. The highest BCUT2D eigenvalue weighted by molar-refractivity contribution is 7.91. The number of fused-ring (bicyclic) bond motifs is 2. The average molecular weight is 479 g/mol. The van der Waals surface area contributed by atoms with E-state index in [1.165, 1.54) is 33.9 Å². The lowest BCUT2D eigenvalue weighted by Crippen LogP contribution is -2.31. The summed E-state index contributed by atoms with van der Waals surface area (Å²) in [6, 6.07) is 6.32. The lowest BCUT2D eigenvalue weighted by atomic mass is 10.0. The van der Waals surface area contributed by atoms with Crippen LogP contribution in [0.5, 0.6) is 5.75 Å². The number of sulfonamides is 1. The van der Waals surface area contributed by atoms with E-state index < -0.39 is 16.0 Å². The molecule has 0 bridgehead atoms. The second kappa shape index (κ2) is 9.13. The summed E-state index contributed by atoms with van der Waals surface area (Å²) >= 11 is 1.21. The smallest absolute Gasteiger partial charge is 0.340 e. The predicted molar refractivity (Wildman–Crippen MR) is 124 cm³/mol. The largest absolute Gasteiger partial charge is 0.493 e. The van der Waals surface area contributed by atoms with E-state index in [0.717, 1.165) is 42.3 Å². The van der Waals surface area contributed by atoms with Gasteiger partial charge < -0.3 is 9.47 Å². The molecule has 2 aliphatic rings. The molecule has 1 aromatic carbocycles. The molecule has 2 aromatic rings. The van der Waals surface area contributed by atoms with Crippen LogP contribution in [0.1, 0.15) is 45.8 Å². The summed E-state index contributed by atoms with van der Waals surface area (Å²) in [5.74, 6) is 0.571. The summed E-state index contributed by atoms with van der Waals surface area (Å²) in [6.45, 7) is 7.20. The molecule has 2 aliphatic heterocycles. The molecule has 9 heteroatoms. The Hall–Kier alpha value is -1.94. The molecule has 0 atom stereocenters. The van der Waals surface area contributed by atoms with E-state index in [2.05, 4.69) is 17.0 Å². The van der Waals surface area contributed by atoms with Gasteiger partial charge in [-0.15, -0.1) is 11.3 Å². The Kier molecular flexibility index (Phi) is 6.63. The van der Waals surface area contributed by atoms with Crippen molar-refractivity contribution >= 4 is 27.3 Å². The van der Waals surface area contributed by atoms with Crippen LogP contribution < -0.4 is 4.74 Å². The quantitative estimate of drug-likeness (QED) is 0.569. The number of carbonyl (C=O) groups is 1. The molecule has 174 valence electrons. The number of benzene rings is 1. The van der Waals surface area contributed by atoms with Gasteiger partial charge in [-0.2, -0.15) is 4.31 Å². The van der Waals surface area contributed by atoms with Gasteiger partial charge in [0.25, 0.3) is 10.0 Å². The number of hydrogen-bond donors (Lipinski definition) is 0. The lowest BCUT2D eigenvalue weighted by molar-refractivity contribution is 0.0595. The third kappa shape index (κ3) is 4.44. The monoisotopic (exact) mass is 478 g/mol. The van der Waals surface area contributed by atoms with Crippen molar-refractivity contribution in [1.29, 1.82) is 0 Å². The van der Waals surface area contributed by atoms with Crippen molar-refractivity contribution in [3.63, 3.8) is 0 Å². The number of ether oxygens (including phenoxy) is 2. The minimum Gasteiger partial charge on any atom is -0.493 e. The number of carbonyl (C=O) groups excluding carboxylic acids is 1. The topological polar surface area (TPSA) is 76.2 Å². The molecule has 0 N–H and O–H groups in total. The number of thiophene rings is 1. The van der Waals surface area contributed by atoms with Crippen LogP contribution in [0.2, 0.25) is 0 Å². The minimum absolute atomic E-state index is 0.106. The highest BCUT2D eigenvalue weighted by Gasteiger charge is 2.36.